The predicted molar refractivity (Wildman–Crippen MR) is 309 cm³/mol. The lowest BCUT2D eigenvalue weighted by atomic mass is 9.59. The molecule has 2 saturated heterocycles. The van der Waals surface area contributed by atoms with Gasteiger partial charge in [0.25, 0.3) is 21.8 Å². The highest BCUT2D eigenvalue weighted by molar-refractivity contribution is 7.90. The molecule has 2 unspecified atom stereocenters. The van der Waals surface area contributed by atoms with E-state index in [4.69, 9.17) is 25.8 Å². The van der Waals surface area contributed by atoms with E-state index in [-0.39, 0.29) is 67.5 Å². The zero-order valence-corrected chi connectivity index (χ0v) is 48.1. The van der Waals surface area contributed by atoms with Gasteiger partial charge in [-0.15, -0.1) is 0 Å². The molecule has 6 N–H and O–H groups in total. The lowest BCUT2D eigenvalue weighted by molar-refractivity contribution is -0.750. The Morgan fingerprint density at radius 1 is 0.975 bits per heavy atom. The number of pyridine rings is 2. The summed E-state index contributed by atoms with van der Waals surface area (Å²) in [5.74, 6) is -0.515. The van der Waals surface area contributed by atoms with Gasteiger partial charge in [0.05, 0.1) is 49.7 Å². The number of nitrogens with zero attached hydrogens (tertiary/aromatic N) is 6. The number of aliphatic hydroxyl groups is 1. The number of ether oxygens (including phenoxy) is 3. The van der Waals surface area contributed by atoms with Gasteiger partial charge in [-0.05, 0) is 110 Å². The molecule has 4 aliphatic rings. The highest BCUT2D eigenvalue weighted by atomic mass is 35.5. The minimum atomic E-state index is -4.72. The number of carbonyl (C=O) groups excluding carboxylic acids is 1. The summed E-state index contributed by atoms with van der Waals surface area (Å²) in [6, 6.07) is 21.0. The number of sulfonamides is 1. The fraction of sp³-hybridized carbons (Fsp3) is 0.458. The smallest absolute Gasteiger partial charge is 0.268 e. The van der Waals surface area contributed by atoms with Crippen LogP contribution in [-0.4, -0.2) is 126 Å². The summed E-state index contributed by atoms with van der Waals surface area (Å²) in [4.78, 5) is 40.5. The Bertz CT molecular complexity index is 3570. The number of imidazole rings is 1. The van der Waals surface area contributed by atoms with E-state index < -0.39 is 32.4 Å². The number of hydrogen-bond donors (Lipinski definition) is 6. The second kappa shape index (κ2) is 22.6. The van der Waals surface area contributed by atoms with Crippen molar-refractivity contribution in [2.45, 2.75) is 107 Å². The number of nitrogens with one attached hydrogen (secondary N) is 5. The summed E-state index contributed by atoms with van der Waals surface area (Å²) in [5, 5.41) is 27.3. The van der Waals surface area contributed by atoms with Crippen LogP contribution >= 0.6 is 11.6 Å². The number of piperidine rings is 1. The van der Waals surface area contributed by atoms with Gasteiger partial charge in [0.2, 0.25) is 5.88 Å². The van der Waals surface area contributed by atoms with Gasteiger partial charge in [-0.25, -0.2) is 27.5 Å². The number of hydrogen-bond acceptors (Lipinski definition) is 15. The standard InChI is InChI=1S/C59H71ClFN11O8S/c1-35(2)40-9-7-8-10-41(40)46-33-70(32-37-23-50(60)66-51(24-37)78-5)21-22-72(46)39-28-59(29-39)17-19-71(20-18-59)38-11-12-42(47(25-38)80-48-26-43-44(61)31-63-55(43)67-57(48)79-6)56(73)68-81(76,77)49-27-45(69(4)75)52(54-53(49)64-34-65-54)62-30-36-13-15-58(3,74)16-14-36/h7-12,23-27,31,34-36,39,46,62,69,74H,13-22,28-30,32-33H2,1-6H3,(H,63,67)(H,64,65)(H,68,73)/t36-,46?,58-. The molecule has 2 aliphatic carbocycles. The van der Waals surface area contributed by atoms with Crippen LogP contribution < -0.4 is 34.2 Å². The summed E-state index contributed by atoms with van der Waals surface area (Å²) >= 11 is 6.41. The number of amides is 1. The van der Waals surface area contributed by atoms with Crippen LogP contribution in [0.2, 0.25) is 5.15 Å². The highest BCUT2D eigenvalue weighted by Crippen LogP contribution is 2.54. The van der Waals surface area contributed by atoms with Crippen LogP contribution in [0.15, 0.2) is 84.1 Å². The second-order valence-corrected chi connectivity index (χ2v) is 25.2. The van der Waals surface area contributed by atoms with Crippen molar-refractivity contribution in [2.75, 3.05) is 70.8 Å². The number of rotatable bonds is 17. The fourth-order valence-electron chi connectivity index (χ4n) is 12.9. The average Bonchev–Trinajstić information content (AvgIpc) is 4.29. The van der Waals surface area contributed by atoms with Gasteiger partial charge in [0.1, 0.15) is 38.5 Å². The van der Waals surface area contributed by atoms with E-state index in [2.05, 4.69) is 87.8 Å². The molecule has 0 radical (unpaired) electrons. The molecule has 2 saturated carbocycles. The Morgan fingerprint density at radius 2 is 1.74 bits per heavy atom. The minimum Gasteiger partial charge on any atom is -0.629 e. The number of fused-ring (bicyclic) bond motifs is 2. The van der Waals surface area contributed by atoms with Crippen LogP contribution in [-0.2, 0) is 16.6 Å². The summed E-state index contributed by atoms with van der Waals surface area (Å²) in [6.07, 6.45) is 9.42. The molecule has 19 nitrogen and oxygen atoms in total. The fourth-order valence-corrected chi connectivity index (χ4v) is 14.2. The highest BCUT2D eigenvalue weighted by Gasteiger charge is 2.50. The first kappa shape index (κ1) is 56.3. The average molecular weight is 1150 g/mol. The molecule has 4 fully saturated rings. The van der Waals surface area contributed by atoms with Crippen molar-refractivity contribution < 1.29 is 42.0 Å². The number of quaternary nitrogens is 1. The Balaban J connectivity index is 0.828. The molecule has 11 rings (SSSR count). The van der Waals surface area contributed by atoms with E-state index in [0.717, 1.165) is 89.0 Å². The van der Waals surface area contributed by atoms with Crippen LogP contribution in [0, 0.1) is 22.4 Å². The Kier molecular flexibility index (Phi) is 15.7. The van der Waals surface area contributed by atoms with Crippen molar-refractivity contribution in [3.05, 3.63) is 118 Å². The van der Waals surface area contributed by atoms with Crippen molar-refractivity contribution in [1.29, 1.82) is 0 Å². The SMILES string of the molecule is COc1cc(CN2CCN(C3CC4(CCN(c5ccc(C(=O)NS(=O)(=O)c6cc([NH+](C)[O-])c(NC[C@H]7CC[C@](C)(O)CC7)c7[nH]cnc67)c(Oc6cc7c(F)c[nH]c7nc6OC)c5)CC4)C3)C(c3ccccc3C(C)C)C2)cc(Cl)n1. The predicted octanol–water partition coefficient (Wildman–Crippen LogP) is 8.98. The van der Waals surface area contributed by atoms with E-state index in [0.29, 0.717) is 53.6 Å². The second-order valence-electron chi connectivity index (χ2n) is 23.2. The van der Waals surface area contributed by atoms with Crippen LogP contribution in [0.3, 0.4) is 0 Å². The lowest BCUT2D eigenvalue weighted by Gasteiger charge is -2.58. The van der Waals surface area contributed by atoms with Crippen molar-refractivity contribution in [2.24, 2.45) is 11.3 Å². The molecular weight excluding hydrogens is 1080 g/mol. The lowest BCUT2D eigenvalue weighted by Crippen LogP contribution is -2.98. The first-order valence-corrected chi connectivity index (χ1v) is 29.8. The van der Waals surface area contributed by atoms with Crippen molar-refractivity contribution >= 4 is 66.7 Å². The molecule has 2 atom stereocenters. The van der Waals surface area contributed by atoms with E-state index in [1.54, 1.807) is 19.2 Å². The van der Waals surface area contributed by atoms with Gasteiger partial charge < -0.3 is 49.8 Å². The normalized spacial score (nSPS) is 21.3. The quantitative estimate of drug-likeness (QED) is 0.0369. The molecular formula is C59H71ClFN11O8S. The molecule has 0 bridgehead atoms. The number of hydroxylamine groups is 1. The maximum Gasteiger partial charge on any atom is 0.268 e. The van der Waals surface area contributed by atoms with E-state index in [9.17, 15) is 23.5 Å². The van der Waals surface area contributed by atoms with Crippen LogP contribution in [0.1, 0.15) is 111 Å². The Morgan fingerprint density at radius 3 is 2.47 bits per heavy atom. The molecule has 4 aromatic heterocycles. The number of aromatic nitrogens is 5. The van der Waals surface area contributed by atoms with E-state index >= 15 is 4.39 Å². The van der Waals surface area contributed by atoms with E-state index in [1.807, 2.05) is 19.1 Å². The van der Waals surface area contributed by atoms with Gasteiger partial charge in [-0.2, -0.15) is 4.98 Å². The van der Waals surface area contributed by atoms with Crippen LogP contribution in [0.4, 0.5) is 21.5 Å². The van der Waals surface area contributed by atoms with Gasteiger partial charge in [0.15, 0.2) is 11.4 Å². The summed E-state index contributed by atoms with van der Waals surface area (Å²) in [5.41, 5.74) is 4.90. The molecule has 22 heteroatoms. The van der Waals surface area contributed by atoms with Crippen LogP contribution in [0.25, 0.3) is 22.1 Å². The molecule has 2 aliphatic heterocycles. The third-order valence-corrected chi connectivity index (χ3v) is 18.9. The third-order valence-electron chi connectivity index (χ3n) is 17.4. The molecule has 81 heavy (non-hydrogen) atoms. The van der Waals surface area contributed by atoms with Crippen molar-refractivity contribution in [1.82, 2.24) is 39.4 Å². The molecule has 7 aromatic rings. The molecule has 1 amide bonds. The number of benzene rings is 3. The number of anilines is 2. The molecule has 6 heterocycles. The molecule has 1 spiro atoms. The number of carbonyl (C=O) groups is 1. The zero-order chi connectivity index (χ0) is 57.0. The number of H-pyrrole nitrogens is 2. The van der Waals surface area contributed by atoms with Gasteiger partial charge in [-0.3, -0.25) is 14.6 Å². The summed E-state index contributed by atoms with van der Waals surface area (Å²) in [7, 11) is -0.374. The number of aromatic amines is 2. The largest absolute Gasteiger partial charge is 0.629 e. The summed E-state index contributed by atoms with van der Waals surface area (Å²) in [6.45, 7) is 11.8. The number of methoxy groups -OCH3 is 2. The number of piperazine rings is 1. The van der Waals surface area contributed by atoms with Gasteiger partial charge in [0, 0.05) is 94.0 Å². The van der Waals surface area contributed by atoms with Crippen molar-refractivity contribution in [3.63, 3.8) is 0 Å². The first-order chi connectivity index (χ1) is 38.8. The van der Waals surface area contributed by atoms with Gasteiger partial charge >= 0.3 is 0 Å². The summed E-state index contributed by atoms with van der Waals surface area (Å²) < 4.78 is 63.8. The maximum atomic E-state index is 15.0. The molecule has 430 valence electrons. The van der Waals surface area contributed by atoms with E-state index in [1.165, 1.54) is 56.0 Å². The zero-order valence-electron chi connectivity index (χ0n) is 46.6. The first-order valence-electron chi connectivity index (χ1n) is 27.9. The maximum absolute atomic E-state index is 15.0. The Labute approximate surface area is 476 Å². The number of halogens is 2. The van der Waals surface area contributed by atoms with Crippen LogP contribution in [0.5, 0.6) is 23.3 Å². The van der Waals surface area contributed by atoms with Crippen molar-refractivity contribution in [3.8, 4) is 23.3 Å². The third kappa shape index (κ3) is 11.6. The Hall–Kier alpha value is -6.59. The van der Waals surface area contributed by atoms with Gasteiger partial charge in [-0.1, -0.05) is 49.7 Å². The topological polar surface area (TPSA) is 231 Å². The minimum absolute atomic E-state index is 0.00108. The molecule has 3 aromatic carbocycles. The monoisotopic (exact) mass is 1150 g/mol.